The highest BCUT2D eigenvalue weighted by atomic mass is 32.2. The lowest BCUT2D eigenvalue weighted by Crippen LogP contribution is -2.38. The Labute approximate surface area is 155 Å². The zero-order chi connectivity index (χ0) is 19.0. The van der Waals surface area contributed by atoms with Crippen molar-refractivity contribution in [1.29, 1.82) is 0 Å². The Morgan fingerprint density at radius 3 is 2.60 bits per heavy atom. The highest BCUT2D eigenvalue weighted by Crippen LogP contribution is 2.38. The lowest BCUT2D eigenvalue weighted by Gasteiger charge is -2.32. The number of aliphatic imine (C=N–C) groups is 1. The molecule has 0 aromatic carbocycles. The van der Waals surface area contributed by atoms with Gasteiger partial charge in [-0.1, -0.05) is 27.2 Å². The number of rotatable bonds is 9. The predicted octanol–water partition coefficient (Wildman–Crippen LogP) is 3.97. The van der Waals surface area contributed by atoms with E-state index in [1.807, 2.05) is 6.92 Å². The molecule has 0 unspecified atom stereocenters. The van der Waals surface area contributed by atoms with E-state index < -0.39 is 11.9 Å². The number of hydrogen-bond donors (Lipinski definition) is 1. The maximum atomic E-state index is 12.7. The second kappa shape index (κ2) is 10.6. The third kappa shape index (κ3) is 5.59. The lowest BCUT2D eigenvalue weighted by molar-refractivity contribution is -0.150. The molecule has 0 aromatic heterocycles. The van der Waals surface area contributed by atoms with Gasteiger partial charge in [0.15, 0.2) is 5.78 Å². The number of allylic oxidation sites excluding steroid dienone is 1. The SMILES string of the molecule is CCCC(=NC)C1=C(O)[C@@H](C(=O)OCC)[C@@H](C[C@@H](C)SCC)CC1=O. The standard InChI is InChI=1S/C19H31NO4S/c1-6-9-14(20-5)17-15(21)11-13(10-12(4)25-8-3)16(18(17)22)19(23)24-7-2/h12-13,16,22H,6-11H2,1-5H3/t12-,13+,16+/m1/s1. The van der Waals surface area contributed by atoms with Crippen molar-refractivity contribution in [1.82, 2.24) is 0 Å². The van der Waals surface area contributed by atoms with Gasteiger partial charge in [-0.05, 0) is 31.4 Å². The van der Waals surface area contributed by atoms with E-state index in [9.17, 15) is 14.7 Å². The summed E-state index contributed by atoms with van der Waals surface area (Å²) in [6.45, 7) is 8.16. The molecule has 0 aromatic rings. The molecule has 1 rings (SSSR count). The van der Waals surface area contributed by atoms with E-state index in [4.69, 9.17) is 4.74 Å². The van der Waals surface area contributed by atoms with Crippen LogP contribution < -0.4 is 0 Å². The van der Waals surface area contributed by atoms with Crippen LogP contribution >= 0.6 is 11.8 Å². The topological polar surface area (TPSA) is 76.0 Å². The van der Waals surface area contributed by atoms with E-state index in [1.165, 1.54) is 0 Å². The van der Waals surface area contributed by atoms with Crippen molar-refractivity contribution in [3.8, 4) is 0 Å². The smallest absolute Gasteiger partial charge is 0.316 e. The molecule has 6 heteroatoms. The van der Waals surface area contributed by atoms with Crippen molar-refractivity contribution in [2.24, 2.45) is 16.8 Å². The van der Waals surface area contributed by atoms with Crippen LogP contribution in [0.1, 0.15) is 53.4 Å². The Morgan fingerprint density at radius 1 is 1.40 bits per heavy atom. The number of esters is 1. The van der Waals surface area contributed by atoms with Crippen molar-refractivity contribution >= 4 is 29.2 Å². The summed E-state index contributed by atoms with van der Waals surface area (Å²) < 4.78 is 5.19. The van der Waals surface area contributed by atoms with Gasteiger partial charge < -0.3 is 9.84 Å². The molecule has 0 amide bonds. The summed E-state index contributed by atoms with van der Waals surface area (Å²) in [6.07, 6.45) is 2.36. The summed E-state index contributed by atoms with van der Waals surface area (Å²) in [5.41, 5.74) is 0.809. The van der Waals surface area contributed by atoms with Crippen molar-refractivity contribution in [3.63, 3.8) is 0 Å². The molecule has 25 heavy (non-hydrogen) atoms. The largest absolute Gasteiger partial charge is 0.511 e. The van der Waals surface area contributed by atoms with Crippen LogP contribution in [0.15, 0.2) is 16.3 Å². The van der Waals surface area contributed by atoms with Gasteiger partial charge in [0.05, 0.1) is 12.2 Å². The molecule has 1 aliphatic rings. The van der Waals surface area contributed by atoms with Crippen LogP contribution in [-0.2, 0) is 14.3 Å². The Morgan fingerprint density at radius 2 is 2.08 bits per heavy atom. The lowest BCUT2D eigenvalue weighted by atomic mass is 9.74. The van der Waals surface area contributed by atoms with Crippen LogP contribution in [0.4, 0.5) is 0 Å². The van der Waals surface area contributed by atoms with E-state index in [0.717, 1.165) is 12.2 Å². The van der Waals surface area contributed by atoms with E-state index in [2.05, 4.69) is 18.8 Å². The second-order valence-electron chi connectivity index (χ2n) is 6.30. The maximum absolute atomic E-state index is 12.7. The number of carbonyl (C=O) groups excluding carboxylic acids is 2. The Hall–Kier alpha value is -1.30. The Kier molecular flexibility index (Phi) is 9.25. The first-order valence-electron chi connectivity index (χ1n) is 9.11. The summed E-state index contributed by atoms with van der Waals surface area (Å²) in [7, 11) is 1.62. The molecule has 1 N–H and O–H groups in total. The zero-order valence-corrected chi connectivity index (χ0v) is 16.8. The maximum Gasteiger partial charge on any atom is 0.316 e. The van der Waals surface area contributed by atoms with Crippen molar-refractivity contribution in [3.05, 3.63) is 11.3 Å². The molecule has 3 atom stereocenters. The monoisotopic (exact) mass is 369 g/mol. The summed E-state index contributed by atoms with van der Waals surface area (Å²) in [6, 6.07) is 0. The highest BCUT2D eigenvalue weighted by molar-refractivity contribution is 7.99. The van der Waals surface area contributed by atoms with Crippen molar-refractivity contribution in [2.45, 2.75) is 58.6 Å². The average molecular weight is 370 g/mol. The molecule has 142 valence electrons. The van der Waals surface area contributed by atoms with Crippen LogP contribution in [0, 0.1) is 11.8 Å². The molecule has 0 fully saturated rings. The third-order valence-corrected chi connectivity index (χ3v) is 5.52. The van der Waals surface area contributed by atoms with Gasteiger partial charge in [-0.15, -0.1) is 0 Å². The number of thioether (sulfide) groups is 1. The number of Topliss-reactive ketones (excluding diaryl/α,β-unsaturated/α-hetero) is 1. The zero-order valence-electron chi connectivity index (χ0n) is 16.0. The first kappa shape index (κ1) is 21.7. The van der Waals surface area contributed by atoms with Crippen LogP contribution in [0.25, 0.3) is 0 Å². The van der Waals surface area contributed by atoms with Crippen LogP contribution in [0.5, 0.6) is 0 Å². The van der Waals surface area contributed by atoms with E-state index >= 15 is 0 Å². The summed E-state index contributed by atoms with van der Waals surface area (Å²) in [4.78, 5) is 29.4. The first-order valence-corrected chi connectivity index (χ1v) is 10.2. The molecule has 5 nitrogen and oxygen atoms in total. The number of hydrogen-bond acceptors (Lipinski definition) is 6. The van der Waals surface area contributed by atoms with Gasteiger partial charge >= 0.3 is 5.97 Å². The molecule has 0 bridgehead atoms. The van der Waals surface area contributed by atoms with Crippen LogP contribution in [0.2, 0.25) is 0 Å². The van der Waals surface area contributed by atoms with Crippen molar-refractivity contribution < 1.29 is 19.4 Å². The number of ketones is 1. The summed E-state index contributed by atoms with van der Waals surface area (Å²) >= 11 is 1.79. The van der Waals surface area contributed by atoms with Gasteiger partial charge in [-0.25, -0.2) is 0 Å². The number of ether oxygens (including phenoxy) is 1. The minimum Gasteiger partial charge on any atom is -0.511 e. The molecule has 0 radical (unpaired) electrons. The molecule has 1 aliphatic carbocycles. The summed E-state index contributed by atoms with van der Waals surface area (Å²) in [5, 5.41) is 11.1. The normalized spacial score (nSPS) is 22.9. The Balaban J connectivity index is 3.26. The molecule has 0 saturated carbocycles. The molecule has 0 spiro atoms. The molecule has 0 saturated heterocycles. The number of carbonyl (C=O) groups is 2. The predicted molar refractivity (Wildman–Crippen MR) is 103 cm³/mol. The molecule has 0 aliphatic heterocycles. The van der Waals surface area contributed by atoms with Crippen LogP contribution in [-0.4, -0.2) is 47.2 Å². The number of aliphatic hydroxyl groups excluding tert-OH is 1. The van der Waals surface area contributed by atoms with Crippen molar-refractivity contribution in [2.75, 3.05) is 19.4 Å². The van der Waals surface area contributed by atoms with E-state index in [0.29, 0.717) is 23.8 Å². The van der Waals surface area contributed by atoms with Gasteiger partial charge in [-0.3, -0.25) is 14.6 Å². The average Bonchev–Trinajstić information content (AvgIpc) is 2.54. The number of nitrogens with zero attached hydrogens (tertiary/aromatic N) is 1. The minimum absolute atomic E-state index is 0.120. The van der Waals surface area contributed by atoms with Gasteiger partial charge in [0.25, 0.3) is 0 Å². The fourth-order valence-electron chi connectivity index (χ4n) is 3.41. The summed E-state index contributed by atoms with van der Waals surface area (Å²) in [5.74, 6) is -0.753. The Bertz CT molecular complexity index is 542. The molecular formula is C19H31NO4S. The third-order valence-electron chi connectivity index (χ3n) is 4.42. The quantitative estimate of drug-likeness (QED) is 0.491. The number of aliphatic hydroxyl groups is 1. The van der Waals surface area contributed by atoms with Gasteiger partial charge in [0.1, 0.15) is 11.7 Å². The molecular weight excluding hydrogens is 338 g/mol. The van der Waals surface area contributed by atoms with Gasteiger partial charge in [-0.2, -0.15) is 11.8 Å². The van der Waals surface area contributed by atoms with Gasteiger partial charge in [0, 0.05) is 24.4 Å². The van der Waals surface area contributed by atoms with Crippen LogP contribution in [0.3, 0.4) is 0 Å². The van der Waals surface area contributed by atoms with E-state index in [1.54, 1.807) is 25.7 Å². The minimum atomic E-state index is -0.777. The fourth-order valence-corrected chi connectivity index (χ4v) is 4.36. The van der Waals surface area contributed by atoms with E-state index in [-0.39, 0.29) is 36.1 Å². The molecule has 0 heterocycles. The highest BCUT2D eigenvalue weighted by Gasteiger charge is 2.43. The van der Waals surface area contributed by atoms with Gasteiger partial charge in [0.2, 0.25) is 0 Å². The first-order chi connectivity index (χ1) is 11.9. The second-order valence-corrected chi connectivity index (χ2v) is 8.01. The fraction of sp³-hybridized carbons (Fsp3) is 0.737.